The van der Waals surface area contributed by atoms with Gasteiger partial charge in [-0.2, -0.15) is 0 Å². The predicted molar refractivity (Wildman–Crippen MR) is 77.2 cm³/mol. The molecule has 7 heteroatoms. The Morgan fingerprint density at radius 1 is 1.00 bits per heavy atom. The summed E-state index contributed by atoms with van der Waals surface area (Å²) in [6.45, 7) is 11.6. The number of H-pyrrole nitrogens is 1. The van der Waals surface area contributed by atoms with Crippen LogP contribution in [-0.4, -0.2) is 25.3 Å². The SMILES string of the molecule is CC(C)(C)c1nc(-c2n[nH]c(=O)o2)nc(C(C)(C)C)c1O. The molecule has 114 valence electrons. The lowest BCUT2D eigenvalue weighted by Crippen LogP contribution is -2.21. The first-order chi connectivity index (χ1) is 9.50. The van der Waals surface area contributed by atoms with E-state index in [0.717, 1.165) is 0 Å². The van der Waals surface area contributed by atoms with Gasteiger partial charge in [0.2, 0.25) is 5.82 Å². The molecule has 0 bridgehead atoms. The number of rotatable bonds is 1. The summed E-state index contributed by atoms with van der Waals surface area (Å²) in [6, 6.07) is 0. The van der Waals surface area contributed by atoms with E-state index in [0.29, 0.717) is 11.4 Å². The van der Waals surface area contributed by atoms with Crippen LogP contribution in [0.1, 0.15) is 52.9 Å². The van der Waals surface area contributed by atoms with Gasteiger partial charge >= 0.3 is 5.76 Å². The minimum atomic E-state index is -0.670. The number of aromatic nitrogens is 4. The van der Waals surface area contributed by atoms with Crippen LogP contribution >= 0.6 is 0 Å². The molecule has 0 atom stereocenters. The van der Waals surface area contributed by atoms with E-state index in [1.807, 2.05) is 41.5 Å². The van der Waals surface area contributed by atoms with E-state index in [4.69, 9.17) is 4.42 Å². The van der Waals surface area contributed by atoms with Gasteiger partial charge in [-0.1, -0.05) is 41.5 Å². The third kappa shape index (κ3) is 2.96. The molecule has 0 aliphatic rings. The highest BCUT2D eigenvalue weighted by molar-refractivity contribution is 5.48. The first-order valence-electron chi connectivity index (χ1n) is 6.68. The second-order valence-electron chi connectivity index (χ2n) is 7.01. The maximum absolute atomic E-state index is 11.1. The van der Waals surface area contributed by atoms with Crippen LogP contribution in [0, 0.1) is 0 Å². The molecule has 2 rings (SSSR count). The van der Waals surface area contributed by atoms with Crippen molar-refractivity contribution in [3.8, 4) is 17.5 Å². The van der Waals surface area contributed by atoms with Gasteiger partial charge in [-0.3, -0.25) is 0 Å². The minimum absolute atomic E-state index is 0.0102. The average Bonchev–Trinajstić information content (AvgIpc) is 2.73. The van der Waals surface area contributed by atoms with Gasteiger partial charge in [-0.05, 0) is 0 Å². The summed E-state index contributed by atoms with van der Waals surface area (Å²) >= 11 is 0. The fraction of sp³-hybridized carbons (Fsp3) is 0.571. The number of hydrogen-bond acceptors (Lipinski definition) is 6. The van der Waals surface area contributed by atoms with Crippen molar-refractivity contribution in [3.63, 3.8) is 0 Å². The standard InChI is InChI=1S/C14H20N4O3/c1-13(2,3)8-7(19)9(14(4,5)6)16-10(15-8)11-17-18-12(20)21-11/h19H,1-6H3,(H,18,20). The van der Waals surface area contributed by atoms with Gasteiger partial charge in [0.15, 0.2) is 5.75 Å². The Bertz CT molecular complexity index is 682. The second-order valence-corrected chi connectivity index (χ2v) is 7.01. The highest BCUT2D eigenvalue weighted by Gasteiger charge is 2.30. The molecule has 2 aromatic rings. The Morgan fingerprint density at radius 2 is 1.48 bits per heavy atom. The lowest BCUT2D eigenvalue weighted by Gasteiger charge is -2.25. The number of aromatic amines is 1. The average molecular weight is 292 g/mol. The molecule has 0 radical (unpaired) electrons. The first-order valence-corrected chi connectivity index (χ1v) is 6.68. The molecular weight excluding hydrogens is 272 g/mol. The van der Waals surface area contributed by atoms with E-state index < -0.39 is 16.6 Å². The summed E-state index contributed by atoms with van der Waals surface area (Å²) in [5, 5.41) is 16.4. The van der Waals surface area contributed by atoms with Crippen molar-refractivity contribution in [2.24, 2.45) is 0 Å². The zero-order valence-electron chi connectivity index (χ0n) is 13.1. The molecule has 0 unspecified atom stereocenters. The Hall–Kier alpha value is -2.18. The van der Waals surface area contributed by atoms with Crippen molar-refractivity contribution in [2.75, 3.05) is 0 Å². The second kappa shape index (κ2) is 4.68. The normalized spacial score (nSPS) is 12.7. The topological polar surface area (TPSA) is 105 Å². The molecule has 0 saturated heterocycles. The van der Waals surface area contributed by atoms with E-state index >= 15 is 0 Å². The third-order valence-electron chi connectivity index (χ3n) is 2.93. The maximum Gasteiger partial charge on any atom is 0.434 e. The van der Waals surface area contributed by atoms with Gasteiger partial charge in [-0.25, -0.2) is 19.9 Å². The minimum Gasteiger partial charge on any atom is -0.504 e. The summed E-state index contributed by atoms with van der Waals surface area (Å²) in [7, 11) is 0. The first kappa shape index (κ1) is 15.2. The summed E-state index contributed by atoms with van der Waals surface area (Å²) in [5.74, 6) is -0.412. The van der Waals surface area contributed by atoms with Crippen LogP contribution in [-0.2, 0) is 10.8 Å². The molecule has 21 heavy (non-hydrogen) atoms. The molecule has 7 nitrogen and oxygen atoms in total. The summed E-state index contributed by atoms with van der Waals surface area (Å²) in [4.78, 5) is 19.8. The highest BCUT2D eigenvalue weighted by atomic mass is 16.4. The van der Waals surface area contributed by atoms with Crippen molar-refractivity contribution in [3.05, 3.63) is 21.9 Å². The molecule has 0 aliphatic carbocycles. The molecule has 0 aliphatic heterocycles. The van der Waals surface area contributed by atoms with Crippen LogP contribution < -0.4 is 5.76 Å². The third-order valence-corrected chi connectivity index (χ3v) is 2.93. The molecule has 0 fully saturated rings. The Balaban J connectivity index is 2.77. The van der Waals surface area contributed by atoms with Crippen LogP contribution in [0.15, 0.2) is 9.21 Å². The maximum atomic E-state index is 11.1. The van der Waals surface area contributed by atoms with Crippen LogP contribution in [0.25, 0.3) is 11.7 Å². The van der Waals surface area contributed by atoms with Gasteiger partial charge in [0.25, 0.3) is 5.89 Å². The van der Waals surface area contributed by atoms with Gasteiger partial charge < -0.3 is 9.52 Å². The molecule has 0 aromatic carbocycles. The molecule has 2 N–H and O–H groups in total. The number of aromatic hydroxyl groups is 1. The Kier molecular flexibility index (Phi) is 3.39. The van der Waals surface area contributed by atoms with Gasteiger partial charge in [0.05, 0.1) is 11.4 Å². The van der Waals surface area contributed by atoms with Gasteiger partial charge in [0, 0.05) is 10.8 Å². The van der Waals surface area contributed by atoms with Crippen molar-refractivity contribution in [1.82, 2.24) is 20.2 Å². The van der Waals surface area contributed by atoms with Crippen LogP contribution in [0.2, 0.25) is 0 Å². The van der Waals surface area contributed by atoms with Gasteiger partial charge in [0.1, 0.15) is 0 Å². The van der Waals surface area contributed by atoms with Crippen molar-refractivity contribution in [2.45, 2.75) is 52.4 Å². The molecule has 2 heterocycles. The lowest BCUT2D eigenvalue weighted by atomic mass is 9.85. The van der Waals surface area contributed by atoms with E-state index in [-0.39, 0.29) is 17.5 Å². The molecule has 0 amide bonds. The lowest BCUT2D eigenvalue weighted by molar-refractivity contribution is 0.406. The molecule has 0 saturated carbocycles. The van der Waals surface area contributed by atoms with E-state index in [2.05, 4.69) is 20.2 Å². The van der Waals surface area contributed by atoms with Crippen LogP contribution in [0.3, 0.4) is 0 Å². The smallest absolute Gasteiger partial charge is 0.434 e. The van der Waals surface area contributed by atoms with Crippen LogP contribution in [0.4, 0.5) is 0 Å². The van der Waals surface area contributed by atoms with Crippen molar-refractivity contribution >= 4 is 0 Å². The van der Waals surface area contributed by atoms with Gasteiger partial charge in [-0.15, -0.1) is 5.10 Å². The largest absolute Gasteiger partial charge is 0.504 e. The fourth-order valence-electron chi connectivity index (χ4n) is 1.92. The Labute approximate surface area is 122 Å². The molecule has 2 aromatic heterocycles. The zero-order valence-corrected chi connectivity index (χ0v) is 13.1. The Morgan fingerprint density at radius 3 is 1.81 bits per heavy atom. The van der Waals surface area contributed by atoms with Crippen molar-refractivity contribution < 1.29 is 9.52 Å². The summed E-state index contributed by atoms with van der Waals surface area (Å²) in [6.07, 6.45) is 0. The monoisotopic (exact) mass is 292 g/mol. The molecular formula is C14H20N4O3. The van der Waals surface area contributed by atoms with Crippen molar-refractivity contribution in [1.29, 1.82) is 0 Å². The van der Waals surface area contributed by atoms with E-state index in [1.54, 1.807) is 0 Å². The van der Waals surface area contributed by atoms with Crippen LogP contribution in [0.5, 0.6) is 5.75 Å². The highest BCUT2D eigenvalue weighted by Crippen LogP contribution is 2.37. The summed E-state index contributed by atoms with van der Waals surface area (Å²) in [5.41, 5.74) is 0.197. The number of nitrogens with one attached hydrogen (secondary N) is 1. The van der Waals surface area contributed by atoms with E-state index in [9.17, 15) is 9.90 Å². The fourth-order valence-corrected chi connectivity index (χ4v) is 1.92. The zero-order chi connectivity index (χ0) is 16.0. The molecule has 0 spiro atoms. The van der Waals surface area contributed by atoms with E-state index in [1.165, 1.54) is 0 Å². The summed E-state index contributed by atoms with van der Waals surface area (Å²) < 4.78 is 4.92. The quantitative estimate of drug-likeness (QED) is 0.834. The number of hydrogen-bond donors (Lipinski definition) is 2. The number of nitrogens with zero attached hydrogens (tertiary/aromatic N) is 3. The predicted octanol–water partition coefficient (Wildman–Crippen LogP) is 2.12.